The number of morpholine rings is 1. The van der Waals surface area contributed by atoms with Gasteiger partial charge in [-0.1, -0.05) is 18.2 Å². The Kier molecular flexibility index (Phi) is 6.67. The van der Waals surface area contributed by atoms with E-state index in [0.717, 1.165) is 15.8 Å². The number of hydrogen-bond acceptors (Lipinski definition) is 4. The van der Waals surface area contributed by atoms with Gasteiger partial charge in [0.05, 0.1) is 18.0 Å². The van der Waals surface area contributed by atoms with Crippen molar-refractivity contribution in [1.82, 2.24) is 14.8 Å². The molecule has 0 saturated carbocycles. The van der Waals surface area contributed by atoms with Crippen LogP contribution >= 0.6 is 11.8 Å². The molecule has 0 aliphatic carbocycles. The van der Waals surface area contributed by atoms with Gasteiger partial charge in [-0.05, 0) is 33.8 Å². The molecule has 2 atom stereocenters. The predicted molar refractivity (Wildman–Crippen MR) is 113 cm³/mol. The van der Waals surface area contributed by atoms with Crippen LogP contribution in [0.4, 0.5) is 0 Å². The van der Waals surface area contributed by atoms with E-state index in [9.17, 15) is 9.59 Å². The zero-order chi connectivity index (χ0) is 20.3. The van der Waals surface area contributed by atoms with Gasteiger partial charge in [0.2, 0.25) is 11.8 Å². The molecular formula is C21H29N3O3S. The maximum absolute atomic E-state index is 12.9. The molecule has 1 aliphatic rings. The van der Waals surface area contributed by atoms with Crippen molar-refractivity contribution in [2.45, 2.75) is 57.4 Å². The normalized spacial score (nSPS) is 20.0. The minimum Gasteiger partial charge on any atom is -0.372 e. The Morgan fingerprint density at radius 2 is 1.89 bits per heavy atom. The summed E-state index contributed by atoms with van der Waals surface area (Å²) >= 11 is 1.51. The number of ether oxygens (including phenoxy) is 1. The quantitative estimate of drug-likeness (QED) is 0.754. The van der Waals surface area contributed by atoms with Crippen molar-refractivity contribution >= 4 is 34.5 Å². The fourth-order valence-corrected chi connectivity index (χ4v) is 4.49. The Morgan fingerprint density at radius 1 is 1.21 bits per heavy atom. The van der Waals surface area contributed by atoms with E-state index in [-0.39, 0.29) is 30.1 Å². The molecular weight excluding hydrogens is 374 g/mol. The van der Waals surface area contributed by atoms with Crippen LogP contribution in [0, 0.1) is 0 Å². The van der Waals surface area contributed by atoms with Crippen LogP contribution in [0.1, 0.15) is 27.7 Å². The molecule has 2 amide bonds. The molecule has 1 N–H and O–H groups in total. The molecule has 2 aromatic rings. The maximum Gasteiger partial charge on any atom is 0.242 e. The van der Waals surface area contributed by atoms with E-state index in [4.69, 9.17) is 4.74 Å². The number of amides is 2. The molecule has 6 nitrogen and oxygen atoms in total. The molecule has 1 fully saturated rings. The average molecular weight is 404 g/mol. The number of nitrogens with one attached hydrogen (secondary N) is 1. The van der Waals surface area contributed by atoms with E-state index in [2.05, 4.69) is 5.32 Å². The zero-order valence-corrected chi connectivity index (χ0v) is 17.8. The summed E-state index contributed by atoms with van der Waals surface area (Å²) in [5, 5.41) is 3.98. The molecule has 3 rings (SSSR count). The van der Waals surface area contributed by atoms with E-state index in [1.54, 1.807) is 0 Å². The monoisotopic (exact) mass is 403 g/mol. The molecule has 0 bridgehead atoms. The first-order valence-electron chi connectivity index (χ1n) is 9.76. The second kappa shape index (κ2) is 9.01. The lowest BCUT2D eigenvalue weighted by molar-refractivity contribution is -0.143. The Morgan fingerprint density at radius 3 is 2.57 bits per heavy atom. The van der Waals surface area contributed by atoms with Crippen LogP contribution in [0.15, 0.2) is 35.4 Å². The molecule has 1 saturated heterocycles. The smallest absolute Gasteiger partial charge is 0.242 e. The standard InChI is InChI=1S/C21H29N3O3S/c1-14(2)22-20(25)13-28-19-11-23(18-8-6-5-7-17(18)19)12-21(26)24-9-15(3)27-16(4)10-24/h5-8,11,14-16H,9-10,12-13H2,1-4H3,(H,22,25)/t15-,16-/m0/s1. The molecule has 0 spiro atoms. The van der Waals surface area contributed by atoms with E-state index < -0.39 is 0 Å². The lowest BCUT2D eigenvalue weighted by Crippen LogP contribution is -2.49. The lowest BCUT2D eigenvalue weighted by Gasteiger charge is -2.35. The van der Waals surface area contributed by atoms with Crippen LogP contribution < -0.4 is 5.32 Å². The molecule has 7 heteroatoms. The first kappa shape index (κ1) is 20.7. The summed E-state index contributed by atoms with van der Waals surface area (Å²) < 4.78 is 7.72. The first-order valence-corrected chi connectivity index (χ1v) is 10.7. The maximum atomic E-state index is 12.9. The molecule has 0 radical (unpaired) electrons. The molecule has 28 heavy (non-hydrogen) atoms. The van der Waals surface area contributed by atoms with Crippen molar-refractivity contribution in [3.8, 4) is 0 Å². The first-order chi connectivity index (χ1) is 13.3. The van der Waals surface area contributed by atoms with Crippen LogP contribution in [-0.2, 0) is 20.9 Å². The summed E-state index contributed by atoms with van der Waals surface area (Å²) in [5.41, 5.74) is 1.01. The average Bonchev–Trinajstić information content (AvgIpc) is 2.96. The second-order valence-electron chi connectivity index (χ2n) is 7.71. The van der Waals surface area contributed by atoms with E-state index >= 15 is 0 Å². The molecule has 152 valence electrons. The van der Waals surface area contributed by atoms with Crippen LogP contribution in [0.5, 0.6) is 0 Å². The van der Waals surface area contributed by atoms with Gasteiger partial charge < -0.3 is 19.5 Å². The minimum absolute atomic E-state index is 0.0178. The minimum atomic E-state index is 0.0178. The highest BCUT2D eigenvalue weighted by molar-refractivity contribution is 8.00. The van der Waals surface area contributed by atoms with Crippen LogP contribution in [0.3, 0.4) is 0 Å². The van der Waals surface area contributed by atoms with Gasteiger partial charge >= 0.3 is 0 Å². The Hall–Kier alpha value is -1.99. The van der Waals surface area contributed by atoms with E-state index in [0.29, 0.717) is 25.4 Å². The van der Waals surface area contributed by atoms with Crippen molar-refractivity contribution in [3.63, 3.8) is 0 Å². The van der Waals surface area contributed by atoms with Crippen LogP contribution in [0.2, 0.25) is 0 Å². The van der Waals surface area contributed by atoms with Gasteiger partial charge in [-0.3, -0.25) is 9.59 Å². The predicted octanol–water partition coefficient (Wildman–Crippen LogP) is 2.89. The number of fused-ring (bicyclic) bond motifs is 1. The largest absolute Gasteiger partial charge is 0.372 e. The van der Waals surface area contributed by atoms with Crippen molar-refractivity contribution in [3.05, 3.63) is 30.5 Å². The molecule has 1 aliphatic heterocycles. The molecule has 2 heterocycles. The van der Waals surface area contributed by atoms with Crippen LogP contribution in [0.25, 0.3) is 10.9 Å². The number of rotatable bonds is 6. The third kappa shape index (κ3) is 5.08. The third-order valence-electron chi connectivity index (χ3n) is 4.64. The Balaban J connectivity index is 1.74. The van der Waals surface area contributed by atoms with Crippen molar-refractivity contribution in [2.24, 2.45) is 0 Å². The number of para-hydroxylation sites is 1. The van der Waals surface area contributed by atoms with E-state index in [1.165, 1.54) is 11.8 Å². The summed E-state index contributed by atoms with van der Waals surface area (Å²) in [7, 11) is 0. The van der Waals surface area contributed by atoms with Gasteiger partial charge in [0.25, 0.3) is 0 Å². The van der Waals surface area contributed by atoms with Crippen molar-refractivity contribution < 1.29 is 14.3 Å². The molecule has 1 aromatic heterocycles. The number of carbonyl (C=O) groups is 2. The highest BCUT2D eigenvalue weighted by Gasteiger charge is 2.26. The molecule has 0 unspecified atom stereocenters. The second-order valence-corrected chi connectivity index (χ2v) is 8.72. The Labute approximate surface area is 170 Å². The summed E-state index contributed by atoms with van der Waals surface area (Å²) in [6.45, 7) is 9.44. The van der Waals surface area contributed by atoms with Gasteiger partial charge in [-0.15, -0.1) is 11.8 Å². The summed E-state index contributed by atoms with van der Waals surface area (Å²) in [6, 6.07) is 8.15. The fourth-order valence-electron chi connectivity index (χ4n) is 3.59. The fraction of sp³-hybridized carbons (Fsp3) is 0.524. The van der Waals surface area contributed by atoms with Gasteiger partial charge in [-0.25, -0.2) is 0 Å². The Bertz CT molecular complexity index is 839. The van der Waals surface area contributed by atoms with Gasteiger partial charge in [0.15, 0.2) is 0 Å². The van der Waals surface area contributed by atoms with Gasteiger partial charge in [0.1, 0.15) is 6.54 Å². The number of aromatic nitrogens is 1. The summed E-state index contributed by atoms with van der Waals surface area (Å²) in [5.74, 6) is 0.472. The number of nitrogens with zero attached hydrogens (tertiary/aromatic N) is 2. The third-order valence-corrected chi connectivity index (χ3v) is 5.68. The highest BCUT2D eigenvalue weighted by Crippen LogP contribution is 2.30. The number of hydrogen-bond donors (Lipinski definition) is 1. The number of benzene rings is 1. The van der Waals surface area contributed by atoms with Crippen molar-refractivity contribution in [1.29, 1.82) is 0 Å². The topological polar surface area (TPSA) is 63.6 Å². The lowest BCUT2D eigenvalue weighted by atomic mass is 10.2. The van der Waals surface area contributed by atoms with Gasteiger partial charge in [0, 0.05) is 41.1 Å². The highest BCUT2D eigenvalue weighted by atomic mass is 32.2. The SMILES string of the molecule is CC(C)NC(=O)CSc1cn(CC(=O)N2C[C@H](C)O[C@@H](C)C2)c2ccccc12. The van der Waals surface area contributed by atoms with Crippen molar-refractivity contribution in [2.75, 3.05) is 18.8 Å². The summed E-state index contributed by atoms with van der Waals surface area (Å²) in [4.78, 5) is 27.8. The van der Waals surface area contributed by atoms with E-state index in [1.807, 2.05) is 67.6 Å². The molecule has 1 aromatic carbocycles. The summed E-state index contributed by atoms with van der Waals surface area (Å²) in [6.07, 6.45) is 2.10. The zero-order valence-electron chi connectivity index (χ0n) is 17.0. The van der Waals surface area contributed by atoms with Crippen LogP contribution in [-0.4, -0.2) is 58.4 Å². The number of thioether (sulfide) groups is 1. The number of carbonyl (C=O) groups excluding carboxylic acids is 2. The van der Waals surface area contributed by atoms with Gasteiger partial charge in [-0.2, -0.15) is 0 Å².